The fourth-order valence-corrected chi connectivity index (χ4v) is 3.29. The molecule has 0 saturated heterocycles. The number of anilines is 2. The Bertz CT molecular complexity index is 710. The zero-order chi connectivity index (χ0) is 14.8. The van der Waals surface area contributed by atoms with Gasteiger partial charge in [-0.3, -0.25) is 0 Å². The van der Waals surface area contributed by atoms with Crippen LogP contribution in [0.4, 0.5) is 11.4 Å². The third-order valence-electron chi connectivity index (χ3n) is 2.94. The van der Waals surface area contributed by atoms with Crippen molar-refractivity contribution in [3.05, 3.63) is 42.5 Å². The van der Waals surface area contributed by atoms with Gasteiger partial charge in [0.2, 0.25) is 9.84 Å². The van der Waals surface area contributed by atoms with Crippen molar-refractivity contribution in [1.82, 2.24) is 0 Å². The predicted molar refractivity (Wildman–Crippen MR) is 78.8 cm³/mol. The zero-order valence-corrected chi connectivity index (χ0v) is 12.1. The minimum atomic E-state index is -3.60. The van der Waals surface area contributed by atoms with Crippen LogP contribution in [-0.4, -0.2) is 22.6 Å². The molecule has 0 unspecified atom stereocenters. The van der Waals surface area contributed by atoms with Crippen molar-refractivity contribution in [3.63, 3.8) is 0 Å². The molecule has 20 heavy (non-hydrogen) atoms. The second kappa shape index (κ2) is 5.42. The molecule has 0 fully saturated rings. The standard InChI is InChI=1S/C14H16N2O3S/c1-16-13-9-11(19-2)5-8-14(13)20(17,18)12-6-3-10(15)4-7-12/h3-9,16H,15H2,1-2H3. The first kappa shape index (κ1) is 14.2. The largest absolute Gasteiger partial charge is 0.497 e. The maximum Gasteiger partial charge on any atom is 0.208 e. The highest BCUT2D eigenvalue weighted by molar-refractivity contribution is 7.91. The van der Waals surface area contributed by atoms with E-state index in [1.807, 2.05) is 0 Å². The lowest BCUT2D eigenvalue weighted by Gasteiger charge is -2.12. The van der Waals surface area contributed by atoms with Crippen LogP contribution in [0.5, 0.6) is 5.75 Å². The number of ether oxygens (including phenoxy) is 1. The molecule has 0 spiro atoms. The highest BCUT2D eigenvalue weighted by Gasteiger charge is 2.21. The maximum absolute atomic E-state index is 12.6. The van der Waals surface area contributed by atoms with E-state index in [9.17, 15) is 8.42 Å². The Hall–Kier alpha value is -2.21. The van der Waals surface area contributed by atoms with Gasteiger partial charge in [-0.05, 0) is 36.4 Å². The number of nitrogens with two attached hydrogens (primary N) is 1. The average Bonchev–Trinajstić information content (AvgIpc) is 2.46. The summed E-state index contributed by atoms with van der Waals surface area (Å²) < 4.78 is 30.3. The third-order valence-corrected chi connectivity index (χ3v) is 4.76. The molecule has 0 aliphatic carbocycles. The van der Waals surface area contributed by atoms with Gasteiger partial charge in [0, 0.05) is 18.8 Å². The summed E-state index contributed by atoms with van der Waals surface area (Å²) in [4.78, 5) is 0.402. The molecule has 6 heteroatoms. The van der Waals surface area contributed by atoms with Gasteiger partial charge >= 0.3 is 0 Å². The minimum absolute atomic E-state index is 0.200. The van der Waals surface area contributed by atoms with Crippen LogP contribution in [0, 0.1) is 0 Å². The van der Waals surface area contributed by atoms with Gasteiger partial charge in [-0.1, -0.05) is 0 Å². The van der Waals surface area contributed by atoms with E-state index >= 15 is 0 Å². The Kier molecular flexibility index (Phi) is 3.85. The third kappa shape index (κ3) is 2.55. The van der Waals surface area contributed by atoms with Gasteiger partial charge in [-0.15, -0.1) is 0 Å². The van der Waals surface area contributed by atoms with Crippen molar-refractivity contribution in [2.24, 2.45) is 0 Å². The molecular formula is C14H16N2O3S. The normalized spacial score (nSPS) is 11.1. The molecule has 2 rings (SSSR count). The highest BCUT2D eigenvalue weighted by atomic mass is 32.2. The molecule has 3 N–H and O–H groups in total. The van der Waals surface area contributed by atoms with E-state index in [4.69, 9.17) is 10.5 Å². The molecule has 2 aromatic rings. The van der Waals surface area contributed by atoms with Crippen molar-refractivity contribution in [1.29, 1.82) is 0 Å². The zero-order valence-electron chi connectivity index (χ0n) is 11.3. The number of rotatable bonds is 4. The van der Waals surface area contributed by atoms with E-state index < -0.39 is 9.84 Å². The SMILES string of the molecule is CNc1cc(OC)ccc1S(=O)(=O)c1ccc(N)cc1. The quantitative estimate of drug-likeness (QED) is 0.844. The van der Waals surface area contributed by atoms with E-state index in [1.54, 1.807) is 31.3 Å². The smallest absolute Gasteiger partial charge is 0.208 e. The molecule has 0 atom stereocenters. The first-order valence-corrected chi connectivity index (χ1v) is 7.44. The maximum atomic E-state index is 12.6. The summed E-state index contributed by atoms with van der Waals surface area (Å²) in [6.07, 6.45) is 0. The van der Waals surface area contributed by atoms with Crippen LogP contribution in [0.2, 0.25) is 0 Å². The average molecular weight is 292 g/mol. The van der Waals surface area contributed by atoms with Crippen LogP contribution < -0.4 is 15.8 Å². The predicted octanol–water partition coefficient (Wildman–Crippen LogP) is 2.15. The number of nitrogen functional groups attached to an aromatic ring is 1. The van der Waals surface area contributed by atoms with E-state index in [-0.39, 0.29) is 9.79 Å². The lowest BCUT2D eigenvalue weighted by atomic mass is 10.3. The molecule has 0 amide bonds. The van der Waals surface area contributed by atoms with Crippen LogP contribution in [0.25, 0.3) is 0 Å². The molecule has 0 saturated carbocycles. The van der Waals surface area contributed by atoms with Crippen molar-refractivity contribution in [2.75, 3.05) is 25.2 Å². The molecule has 5 nitrogen and oxygen atoms in total. The Morgan fingerprint density at radius 1 is 1.10 bits per heavy atom. The highest BCUT2D eigenvalue weighted by Crippen LogP contribution is 2.30. The first-order valence-electron chi connectivity index (χ1n) is 5.95. The number of benzene rings is 2. The fourth-order valence-electron chi connectivity index (χ4n) is 1.84. The van der Waals surface area contributed by atoms with Gasteiger partial charge in [0.1, 0.15) is 5.75 Å². The number of sulfone groups is 1. The van der Waals surface area contributed by atoms with Gasteiger partial charge in [-0.2, -0.15) is 0 Å². The second-order valence-electron chi connectivity index (χ2n) is 4.18. The minimum Gasteiger partial charge on any atom is -0.497 e. The monoisotopic (exact) mass is 292 g/mol. The van der Waals surface area contributed by atoms with Gasteiger partial charge in [0.05, 0.1) is 22.6 Å². The molecule has 0 aromatic heterocycles. The van der Waals surface area contributed by atoms with Gasteiger partial charge in [0.15, 0.2) is 0 Å². The Balaban J connectivity index is 2.57. The summed E-state index contributed by atoms with van der Waals surface area (Å²) in [6.45, 7) is 0. The van der Waals surface area contributed by atoms with E-state index in [0.29, 0.717) is 17.1 Å². The summed E-state index contributed by atoms with van der Waals surface area (Å²) in [7, 11) is -0.403. The summed E-state index contributed by atoms with van der Waals surface area (Å²) in [5.41, 5.74) is 6.59. The molecule has 0 aliphatic heterocycles. The second-order valence-corrected chi connectivity index (χ2v) is 6.10. The summed E-state index contributed by atoms with van der Waals surface area (Å²) in [6, 6.07) is 10.9. The summed E-state index contributed by atoms with van der Waals surface area (Å²) in [5, 5.41) is 2.87. The Labute approximate surface area is 118 Å². The van der Waals surface area contributed by atoms with Gasteiger partial charge < -0.3 is 15.8 Å². The molecule has 0 bridgehead atoms. The Morgan fingerprint density at radius 2 is 1.75 bits per heavy atom. The summed E-state index contributed by atoms with van der Waals surface area (Å²) in [5.74, 6) is 0.589. The van der Waals surface area contributed by atoms with Crippen LogP contribution >= 0.6 is 0 Å². The van der Waals surface area contributed by atoms with Gasteiger partial charge in [0.25, 0.3) is 0 Å². The van der Waals surface area contributed by atoms with Crippen LogP contribution in [0.1, 0.15) is 0 Å². The molecule has 0 aliphatic rings. The molecule has 0 radical (unpaired) electrons. The van der Waals surface area contributed by atoms with E-state index in [2.05, 4.69) is 5.32 Å². The van der Waals surface area contributed by atoms with Gasteiger partial charge in [-0.25, -0.2) is 8.42 Å². The van der Waals surface area contributed by atoms with Crippen LogP contribution in [0.3, 0.4) is 0 Å². The number of hydrogen-bond donors (Lipinski definition) is 2. The number of hydrogen-bond acceptors (Lipinski definition) is 5. The summed E-state index contributed by atoms with van der Waals surface area (Å²) >= 11 is 0. The van der Waals surface area contributed by atoms with Crippen molar-refractivity contribution in [2.45, 2.75) is 9.79 Å². The van der Waals surface area contributed by atoms with E-state index in [0.717, 1.165) is 0 Å². The molecule has 2 aromatic carbocycles. The number of methoxy groups -OCH3 is 1. The van der Waals surface area contributed by atoms with Crippen molar-refractivity contribution < 1.29 is 13.2 Å². The molecular weight excluding hydrogens is 276 g/mol. The molecule has 106 valence electrons. The lowest BCUT2D eigenvalue weighted by molar-refractivity contribution is 0.414. The van der Waals surface area contributed by atoms with Crippen LogP contribution in [-0.2, 0) is 9.84 Å². The fraction of sp³-hybridized carbons (Fsp3) is 0.143. The van der Waals surface area contributed by atoms with Crippen molar-refractivity contribution >= 4 is 21.2 Å². The topological polar surface area (TPSA) is 81.4 Å². The first-order chi connectivity index (χ1) is 9.48. The lowest BCUT2D eigenvalue weighted by Crippen LogP contribution is -2.06. The van der Waals surface area contributed by atoms with Crippen molar-refractivity contribution in [3.8, 4) is 5.75 Å². The van der Waals surface area contributed by atoms with Crippen LogP contribution in [0.15, 0.2) is 52.3 Å². The number of nitrogens with one attached hydrogen (secondary N) is 1. The molecule has 0 heterocycles. The van der Waals surface area contributed by atoms with E-state index in [1.165, 1.54) is 25.3 Å². The Morgan fingerprint density at radius 3 is 2.30 bits per heavy atom.